The number of amides is 3. The first kappa shape index (κ1) is 14.4. The Bertz CT molecular complexity index is 526. The lowest BCUT2D eigenvalue weighted by Gasteiger charge is -2.19. The van der Waals surface area contributed by atoms with Crippen LogP contribution in [0.25, 0.3) is 0 Å². The van der Waals surface area contributed by atoms with E-state index in [1.54, 1.807) is 4.90 Å². The minimum absolute atomic E-state index is 0.0834. The van der Waals surface area contributed by atoms with Gasteiger partial charge >= 0.3 is 6.03 Å². The zero-order valence-electron chi connectivity index (χ0n) is 12.2. The number of carbonyl (C=O) groups is 2. The second-order valence-corrected chi connectivity index (χ2v) is 5.40. The topological polar surface area (TPSA) is 61.4 Å². The maximum absolute atomic E-state index is 11.8. The third-order valence-electron chi connectivity index (χ3n) is 3.25. The Hall–Kier alpha value is -2.04. The molecule has 1 saturated heterocycles. The smallest absolute Gasteiger partial charge is 0.319 e. The Kier molecular flexibility index (Phi) is 4.27. The second kappa shape index (κ2) is 5.94. The Labute approximate surface area is 119 Å². The molecule has 5 heteroatoms. The summed E-state index contributed by atoms with van der Waals surface area (Å²) in [7, 11) is 0. The van der Waals surface area contributed by atoms with Crippen molar-refractivity contribution in [3.8, 4) is 0 Å². The van der Waals surface area contributed by atoms with Crippen LogP contribution in [0.4, 0.5) is 16.2 Å². The van der Waals surface area contributed by atoms with Gasteiger partial charge in [-0.1, -0.05) is 6.07 Å². The lowest BCUT2D eigenvalue weighted by molar-refractivity contribution is -0.117. The number of hydrogen-bond donors (Lipinski definition) is 2. The van der Waals surface area contributed by atoms with Gasteiger partial charge in [0, 0.05) is 30.4 Å². The van der Waals surface area contributed by atoms with E-state index < -0.39 is 0 Å². The zero-order chi connectivity index (χ0) is 14.7. The molecule has 0 aliphatic carbocycles. The van der Waals surface area contributed by atoms with Crippen molar-refractivity contribution < 1.29 is 9.59 Å². The number of benzene rings is 1. The van der Waals surface area contributed by atoms with Crippen LogP contribution in [0.2, 0.25) is 0 Å². The molecular weight excluding hydrogens is 254 g/mol. The van der Waals surface area contributed by atoms with Crippen LogP contribution in [0.1, 0.15) is 32.3 Å². The Morgan fingerprint density at radius 1 is 1.35 bits per heavy atom. The number of nitrogens with zero attached hydrogens (tertiary/aromatic N) is 1. The van der Waals surface area contributed by atoms with Gasteiger partial charge in [0.05, 0.1) is 0 Å². The van der Waals surface area contributed by atoms with Gasteiger partial charge in [0.1, 0.15) is 0 Å². The summed E-state index contributed by atoms with van der Waals surface area (Å²) < 4.78 is 0. The molecular formula is C15H21N3O2. The minimum atomic E-state index is -0.234. The van der Waals surface area contributed by atoms with Gasteiger partial charge in [-0.05, 0) is 44.9 Å². The maximum atomic E-state index is 11.8. The van der Waals surface area contributed by atoms with Crippen LogP contribution in [0.5, 0.6) is 0 Å². The van der Waals surface area contributed by atoms with Crippen LogP contribution >= 0.6 is 0 Å². The summed E-state index contributed by atoms with van der Waals surface area (Å²) in [5.41, 5.74) is 2.62. The summed E-state index contributed by atoms with van der Waals surface area (Å²) in [5.74, 6) is 0.150. The van der Waals surface area contributed by atoms with E-state index in [0.29, 0.717) is 12.1 Å². The molecule has 3 amide bonds. The van der Waals surface area contributed by atoms with Crippen LogP contribution in [0.3, 0.4) is 0 Å². The summed E-state index contributed by atoms with van der Waals surface area (Å²) in [5, 5.41) is 5.56. The van der Waals surface area contributed by atoms with Crippen molar-refractivity contribution in [2.75, 3.05) is 16.8 Å². The van der Waals surface area contributed by atoms with Gasteiger partial charge in [-0.3, -0.25) is 4.79 Å². The molecule has 1 aliphatic heterocycles. The average Bonchev–Trinajstić information content (AvgIpc) is 2.77. The predicted octanol–water partition coefficient (Wildman–Crippen LogP) is 2.65. The fourth-order valence-corrected chi connectivity index (χ4v) is 2.31. The van der Waals surface area contributed by atoms with E-state index in [4.69, 9.17) is 0 Å². The van der Waals surface area contributed by atoms with E-state index in [1.165, 1.54) is 0 Å². The van der Waals surface area contributed by atoms with Gasteiger partial charge < -0.3 is 15.5 Å². The SMILES string of the molecule is Cc1ccc(NC(=O)NC(C)C)cc1N1CCCC1=O. The molecule has 1 aromatic carbocycles. The number of hydrogen-bond acceptors (Lipinski definition) is 2. The van der Waals surface area contributed by atoms with Crippen molar-refractivity contribution in [1.82, 2.24) is 5.32 Å². The predicted molar refractivity (Wildman–Crippen MR) is 80.1 cm³/mol. The summed E-state index contributed by atoms with van der Waals surface area (Å²) in [6.07, 6.45) is 1.49. The molecule has 0 spiro atoms. The zero-order valence-corrected chi connectivity index (χ0v) is 12.2. The number of anilines is 2. The highest BCUT2D eigenvalue weighted by Crippen LogP contribution is 2.28. The number of urea groups is 1. The quantitative estimate of drug-likeness (QED) is 0.891. The van der Waals surface area contributed by atoms with Gasteiger partial charge in [0.2, 0.25) is 5.91 Å². The summed E-state index contributed by atoms with van der Waals surface area (Å²) in [6.45, 7) is 6.53. The van der Waals surface area contributed by atoms with Crippen LogP contribution in [-0.4, -0.2) is 24.5 Å². The van der Waals surface area contributed by atoms with Gasteiger partial charge in [-0.2, -0.15) is 0 Å². The van der Waals surface area contributed by atoms with Crippen molar-refractivity contribution in [3.05, 3.63) is 23.8 Å². The number of aryl methyl sites for hydroxylation is 1. The molecule has 0 aromatic heterocycles. The first-order valence-electron chi connectivity index (χ1n) is 6.96. The van der Waals surface area contributed by atoms with E-state index in [1.807, 2.05) is 39.0 Å². The lowest BCUT2D eigenvalue weighted by atomic mass is 10.1. The molecule has 2 N–H and O–H groups in total. The molecule has 20 heavy (non-hydrogen) atoms. The molecule has 1 aromatic rings. The number of nitrogens with one attached hydrogen (secondary N) is 2. The second-order valence-electron chi connectivity index (χ2n) is 5.40. The van der Waals surface area contributed by atoms with Gasteiger partial charge in [-0.25, -0.2) is 4.79 Å². The fourth-order valence-electron chi connectivity index (χ4n) is 2.31. The van der Waals surface area contributed by atoms with E-state index in [9.17, 15) is 9.59 Å². The molecule has 1 heterocycles. The van der Waals surface area contributed by atoms with E-state index in [2.05, 4.69) is 10.6 Å². The van der Waals surface area contributed by atoms with Gasteiger partial charge in [-0.15, -0.1) is 0 Å². The normalized spacial score (nSPS) is 14.8. The molecule has 5 nitrogen and oxygen atoms in total. The molecule has 108 valence electrons. The van der Waals surface area contributed by atoms with Crippen LogP contribution in [-0.2, 0) is 4.79 Å². The van der Waals surface area contributed by atoms with Crippen molar-refractivity contribution in [3.63, 3.8) is 0 Å². The van der Waals surface area contributed by atoms with Crippen LogP contribution < -0.4 is 15.5 Å². The maximum Gasteiger partial charge on any atom is 0.319 e. The minimum Gasteiger partial charge on any atom is -0.336 e. The molecule has 0 unspecified atom stereocenters. The fraction of sp³-hybridized carbons (Fsp3) is 0.467. The highest BCUT2D eigenvalue weighted by Gasteiger charge is 2.23. The van der Waals surface area contributed by atoms with Crippen molar-refractivity contribution in [1.29, 1.82) is 0 Å². The highest BCUT2D eigenvalue weighted by molar-refractivity contribution is 5.97. The number of rotatable bonds is 3. The molecule has 1 fully saturated rings. The van der Waals surface area contributed by atoms with Crippen molar-refractivity contribution >= 4 is 23.3 Å². The Morgan fingerprint density at radius 2 is 2.10 bits per heavy atom. The third kappa shape index (κ3) is 3.29. The first-order valence-corrected chi connectivity index (χ1v) is 6.96. The highest BCUT2D eigenvalue weighted by atomic mass is 16.2. The average molecular weight is 275 g/mol. The molecule has 1 aliphatic rings. The molecule has 0 saturated carbocycles. The van der Waals surface area contributed by atoms with Gasteiger partial charge in [0.25, 0.3) is 0 Å². The number of carbonyl (C=O) groups excluding carboxylic acids is 2. The molecule has 0 atom stereocenters. The van der Waals surface area contributed by atoms with Crippen molar-refractivity contribution in [2.45, 2.75) is 39.7 Å². The largest absolute Gasteiger partial charge is 0.336 e. The summed E-state index contributed by atoms with van der Waals surface area (Å²) in [6, 6.07) is 5.48. The molecule has 0 radical (unpaired) electrons. The Morgan fingerprint density at radius 3 is 2.70 bits per heavy atom. The standard InChI is InChI=1S/C15H21N3O2/c1-10(2)16-15(20)17-12-7-6-11(3)13(9-12)18-8-4-5-14(18)19/h6-7,9-10H,4-5,8H2,1-3H3,(H2,16,17,20). The Balaban J connectivity index is 2.16. The third-order valence-corrected chi connectivity index (χ3v) is 3.25. The lowest BCUT2D eigenvalue weighted by Crippen LogP contribution is -2.34. The van der Waals surface area contributed by atoms with Crippen LogP contribution in [0, 0.1) is 6.92 Å². The van der Waals surface area contributed by atoms with Gasteiger partial charge in [0.15, 0.2) is 0 Å². The van der Waals surface area contributed by atoms with E-state index >= 15 is 0 Å². The summed E-state index contributed by atoms with van der Waals surface area (Å²) >= 11 is 0. The monoisotopic (exact) mass is 275 g/mol. The van der Waals surface area contributed by atoms with Crippen molar-refractivity contribution in [2.24, 2.45) is 0 Å². The van der Waals surface area contributed by atoms with Crippen LogP contribution in [0.15, 0.2) is 18.2 Å². The first-order chi connectivity index (χ1) is 9.47. The molecule has 2 rings (SSSR count). The summed E-state index contributed by atoms with van der Waals surface area (Å²) in [4.78, 5) is 25.3. The molecule has 0 bridgehead atoms. The van der Waals surface area contributed by atoms with E-state index in [-0.39, 0.29) is 18.0 Å². The van der Waals surface area contributed by atoms with E-state index in [0.717, 1.165) is 24.2 Å².